The zero-order valence-corrected chi connectivity index (χ0v) is 18.3. The van der Waals surface area contributed by atoms with Gasteiger partial charge >= 0.3 is 6.09 Å². The van der Waals surface area contributed by atoms with Crippen molar-refractivity contribution in [1.82, 2.24) is 10.6 Å². The average molecular weight is 421 g/mol. The fourth-order valence-corrected chi connectivity index (χ4v) is 3.08. The van der Waals surface area contributed by atoms with E-state index in [1.165, 1.54) is 6.42 Å². The molecule has 1 fully saturated rings. The number of ether oxygens (including phenoxy) is 2. The van der Waals surface area contributed by atoms with E-state index in [4.69, 9.17) is 9.47 Å². The van der Waals surface area contributed by atoms with Crippen molar-refractivity contribution in [2.45, 2.75) is 71.4 Å². The van der Waals surface area contributed by atoms with E-state index in [9.17, 15) is 14.0 Å². The maximum atomic E-state index is 14.2. The number of halogens is 1. The highest BCUT2D eigenvalue weighted by Gasteiger charge is 2.17. The summed E-state index contributed by atoms with van der Waals surface area (Å²) >= 11 is 0. The van der Waals surface area contributed by atoms with E-state index < -0.39 is 17.5 Å². The minimum absolute atomic E-state index is 0.0962. The lowest BCUT2D eigenvalue weighted by atomic mass is 9.95. The molecule has 6 nitrogen and oxygen atoms in total. The van der Waals surface area contributed by atoms with Crippen molar-refractivity contribution in [3.8, 4) is 5.75 Å². The van der Waals surface area contributed by atoms with Gasteiger partial charge in [-0.05, 0) is 70.4 Å². The standard InChI is InChI=1S/C23H33FN2O4/c1-16(14-30-22(28)26-23(2,3)4)20(24)15-29-19-12-10-17(11-13-19)21(27)25-18-8-6-5-7-9-18/h10-13,18H,5-9,14-15H2,1-4H3,(H,25,27)(H,26,28). The first-order valence-electron chi connectivity index (χ1n) is 10.5. The summed E-state index contributed by atoms with van der Waals surface area (Å²) in [6, 6.07) is 6.87. The summed E-state index contributed by atoms with van der Waals surface area (Å²) in [5.41, 5.74) is 0.413. The summed E-state index contributed by atoms with van der Waals surface area (Å²) in [4.78, 5) is 24.0. The van der Waals surface area contributed by atoms with Crippen LogP contribution in [0.25, 0.3) is 0 Å². The van der Waals surface area contributed by atoms with E-state index in [0.717, 1.165) is 25.7 Å². The van der Waals surface area contributed by atoms with Crippen LogP contribution in [0.15, 0.2) is 35.7 Å². The van der Waals surface area contributed by atoms with Crippen molar-refractivity contribution < 1.29 is 23.5 Å². The third kappa shape index (κ3) is 8.43. The summed E-state index contributed by atoms with van der Waals surface area (Å²) in [5, 5.41) is 5.70. The van der Waals surface area contributed by atoms with E-state index in [1.54, 1.807) is 31.2 Å². The lowest BCUT2D eigenvalue weighted by Gasteiger charge is -2.22. The molecular formula is C23H33FN2O4. The second kappa shape index (κ2) is 11.0. The van der Waals surface area contributed by atoms with Gasteiger partial charge < -0.3 is 20.1 Å². The number of rotatable bonds is 7. The topological polar surface area (TPSA) is 76.7 Å². The Morgan fingerprint density at radius 3 is 2.30 bits per heavy atom. The maximum Gasteiger partial charge on any atom is 0.407 e. The summed E-state index contributed by atoms with van der Waals surface area (Å²) in [5.74, 6) is -0.141. The quantitative estimate of drug-likeness (QED) is 0.658. The fraction of sp³-hybridized carbons (Fsp3) is 0.565. The molecule has 1 aliphatic carbocycles. The number of hydrogen-bond donors (Lipinski definition) is 2. The summed E-state index contributed by atoms with van der Waals surface area (Å²) in [7, 11) is 0. The molecule has 0 atom stereocenters. The van der Waals surface area contributed by atoms with E-state index in [0.29, 0.717) is 11.3 Å². The SMILES string of the molecule is CC(COC(=O)NC(C)(C)C)=C(F)COc1ccc(C(=O)NC2CCCCC2)cc1. The Morgan fingerprint density at radius 2 is 1.70 bits per heavy atom. The first kappa shape index (κ1) is 23.7. The number of carbonyl (C=O) groups excluding carboxylic acids is 2. The molecule has 2 rings (SSSR count). The van der Waals surface area contributed by atoms with Crippen molar-refractivity contribution in [1.29, 1.82) is 0 Å². The highest BCUT2D eigenvalue weighted by Crippen LogP contribution is 2.19. The molecule has 1 aliphatic rings. The van der Waals surface area contributed by atoms with Crippen molar-refractivity contribution in [3.63, 3.8) is 0 Å². The molecule has 2 N–H and O–H groups in total. The van der Waals surface area contributed by atoms with Gasteiger partial charge in [0, 0.05) is 17.1 Å². The van der Waals surface area contributed by atoms with Crippen LogP contribution in [0.1, 0.15) is 70.2 Å². The molecule has 0 spiro atoms. The van der Waals surface area contributed by atoms with E-state index in [1.807, 2.05) is 20.8 Å². The third-order valence-corrected chi connectivity index (χ3v) is 4.78. The third-order valence-electron chi connectivity index (χ3n) is 4.78. The van der Waals surface area contributed by atoms with Gasteiger partial charge in [0.2, 0.25) is 0 Å². The van der Waals surface area contributed by atoms with Gasteiger partial charge in [-0.15, -0.1) is 0 Å². The second-order valence-electron chi connectivity index (χ2n) is 8.76. The molecular weight excluding hydrogens is 387 g/mol. The van der Waals surface area contributed by atoms with Gasteiger partial charge in [0.1, 0.15) is 24.8 Å². The van der Waals surface area contributed by atoms with Gasteiger partial charge in [-0.3, -0.25) is 4.79 Å². The Bertz CT molecular complexity index is 747. The predicted molar refractivity (Wildman–Crippen MR) is 114 cm³/mol. The minimum atomic E-state index is -0.599. The van der Waals surface area contributed by atoms with Crippen LogP contribution in [0.5, 0.6) is 5.75 Å². The molecule has 0 radical (unpaired) electrons. The zero-order chi connectivity index (χ0) is 22.1. The molecule has 0 unspecified atom stereocenters. The normalized spacial score (nSPS) is 15.8. The highest BCUT2D eigenvalue weighted by molar-refractivity contribution is 5.94. The van der Waals surface area contributed by atoms with Crippen LogP contribution >= 0.6 is 0 Å². The molecule has 0 aliphatic heterocycles. The molecule has 0 saturated heterocycles. The van der Waals surface area contributed by atoms with Gasteiger partial charge in [0.05, 0.1) is 0 Å². The molecule has 0 bridgehead atoms. The number of hydrogen-bond acceptors (Lipinski definition) is 4. The second-order valence-corrected chi connectivity index (χ2v) is 8.76. The molecule has 1 aromatic carbocycles. The minimum Gasteiger partial charge on any atom is -0.487 e. The van der Waals surface area contributed by atoms with Crippen molar-refractivity contribution >= 4 is 12.0 Å². The van der Waals surface area contributed by atoms with Crippen LogP contribution in [0.3, 0.4) is 0 Å². The predicted octanol–water partition coefficient (Wildman–Crippen LogP) is 4.90. The molecule has 166 valence electrons. The van der Waals surface area contributed by atoms with Crippen molar-refractivity contribution in [2.75, 3.05) is 13.2 Å². The summed E-state index contributed by atoms with van der Waals surface area (Å²) in [6.07, 6.45) is 5.00. The van der Waals surface area contributed by atoms with Crippen molar-refractivity contribution in [3.05, 3.63) is 41.2 Å². The van der Waals surface area contributed by atoms with Gasteiger partial charge in [0.25, 0.3) is 5.91 Å². The molecule has 7 heteroatoms. The van der Waals surface area contributed by atoms with Crippen LogP contribution in [0.2, 0.25) is 0 Å². The van der Waals surface area contributed by atoms with Gasteiger partial charge in [-0.2, -0.15) is 0 Å². The Morgan fingerprint density at radius 1 is 1.07 bits per heavy atom. The van der Waals surface area contributed by atoms with Gasteiger partial charge in [0.15, 0.2) is 0 Å². The zero-order valence-electron chi connectivity index (χ0n) is 18.3. The van der Waals surface area contributed by atoms with Crippen LogP contribution in [0, 0.1) is 0 Å². The molecule has 30 heavy (non-hydrogen) atoms. The van der Waals surface area contributed by atoms with Crippen LogP contribution < -0.4 is 15.4 Å². The van der Waals surface area contributed by atoms with Gasteiger partial charge in [-0.1, -0.05) is 19.3 Å². The average Bonchev–Trinajstić information content (AvgIpc) is 2.70. The number of alkyl carbamates (subject to hydrolysis) is 1. The smallest absolute Gasteiger partial charge is 0.407 e. The molecule has 1 aromatic rings. The molecule has 0 heterocycles. The summed E-state index contributed by atoms with van der Waals surface area (Å²) in [6.45, 7) is 6.60. The summed E-state index contributed by atoms with van der Waals surface area (Å²) < 4.78 is 24.7. The molecule has 0 aromatic heterocycles. The largest absolute Gasteiger partial charge is 0.487 e. The van der Waals surface area contributed by atoms with Crippen LogP contribution in [-0.4, -0.2) is 36.8 Å². The lowest BCUT2D eigenvalue weighted by molar-refractivity contribution is 0.0927. The Balaban J connectivity index is 1.79. The number of nitrogens with one attached hydrogen (secondary N) is 2. The highest BCUT2D eigenvalue weighted by atomic mass is 19.1. The Hall–Kier alpha value is -2.57. The number of carbonyl (C=O) groups is 2. The lowest BCUT2D eigenvalue weighted by Crippen LogP contribution is -2.41. The van der Waals surface area contributed by atoms with Crippen LogP contribution in [0.4, 0.5) is 9.18 Å². The maximum absolute atomic E-state index is 14.2. The number of amides is 2. The monoisotopic (exact) mass is 420 g/mol. The van der Waals surface area contributed by atoms with Gasteiger partial charge in [-0.25, -0.2) is 9.18 Å². The number of benzene rings is 1. The van der Waals surface area contributed by atoms with E-state index in [-0.39, 0.29) is 30.7 Å². The first-order valence-corrected chi connectivity index (χ1v) is 10.5. The first-order chi connectivity index (χ1) is 14.1. The molecule has 1 saturated carbocycles. The fourth-order valence-electron chi connectivity index (χ4n) is 3.08. The van der Waals surface area contributed by atoms with E-state index in [2.05, 4.69) is 10.6 Å². The molecule has 2 amide bonds. The Kier molecular flexibility index (Phi) is 8.69. The van der Waals surface area contributed by atoms with Crippen molar-refractivity contribution in [2.24, 2.45) is 0 Å². The van der Waals surface area contributed by atoms with E-state index >= 15 is 0 Å². The van der Waals surface area contributed by atoms with Crippen LogP contribution in [-0.2, 0) is 4.74 Å². The Labute approximate surface area is 178 Å².